The first kappa shape index (κ1) is 20.3. The molecule has 0 aliphatic heterocycles. The molecule has 2 aromatic rings. The largest absolute Gasteiger partial charge is 0.497 e. The zero-order valence-electron chi connectivity index (χ0n) is 14.8. The Morgan fingerprint density at radius 3 is 2.30 bits per heavy atom. The monoisotopic (exact) mass is 384 g/mol. The van der Waals surface area contributed by atoms with Gasteiger partial charge in [-0.25, -0.2) is 4.98 Å². The fraction of sp³-hybridized carbons (Fsp3) is 0.333. The minimum Gasteiger partial charge on any atom is -0.497 e. The van der Waals surface area contributed by atoms with E-state index in [2.05, 4.69) is 15.0 Å². The topological polar surface area (TPSA) is 69.7 Å². The molecule has 0 bridgehead atoms. The highest BCUT2D eigenvalue weighted by molar-refractivity contribution is 5.90. The molecule has 1 amide bonds. The van der Waals surface area contributed by atoms with E-state index in [9.17, 15) is 18.0 Å². The van der Waals surface area contributed by atoms with Crippen LogP contribution in [0.3, 0.4) is 0 Å². The predicted molar refractivity (Wildman–Crippen MR) is 92.3 cm³/mol. The van der Waals surface area contributed by atoms with Crippen molar-refractivity contribution in [2.75, 3.05) is 26.1 Å². The number of rotatable bonds is 8. The summed E-state index contributed by atoms with van der Waals surface area (Å²) in [4.78, 5) is 15.8. The van der Waals surface area contributed by atoms with E-state index in [4.69, 9.17) is 9.47 Å². The van der Waals surface area contributed by atoms with Crippen molar-refractivity contribution in [3.8, 4) is 17.4 Å². The van der Waals surface area contributed by atoms with Crippen LogP contribution in [0.4, 0.5) is 18.9 Å². The average Bonchev–Trinajstić information content (AvgIpc) is 2.65. The standard InChI is InChI=1S/C18H19F3N2O4/c1-25-14-7-12(8-15(9-14)26-2)3-5-16(24)23-13-4-6-17(22-10-13)27-11-18(19,20)21/h4,6-10H,3,5,11H2,1-2H3,(H,23,24). The summed E-state index contributed by atoms with van der Waals surface area (Å²) in [5.41, 5.74) is 1.23. The van der Waals surface area contributed by atoms with Crippen LogP contribution in [0, 0.1) is 0 Å². The number of hydrogen-bond donors (Lipinski definition) is 1. The molecule has 1 aromatic heterocycles. The summed E-state index contributed by atoms with van der Waals surface area (Å²) in [6.45, 7) is -1.42. The van der Waals surface area contributed by atoms with Crippen LogP contribution < -0.4 is 19.5 Å². The lowest BCUT2D eigenvalue weighted by atomic mass is 10.1. The Kier molecular flexibility index (Phi) is 6.86. The van der Waals surface area contributed by atoms with Gasteiger partial charge >= 0.3 is 6.18 Å². The molecule has 0 saturated carbocycles. The Hall–Kier alpha value is -2.97. The molecule has 0 aliphatic rings. The lowest BCUT2D eigenvalue weighted by Crippen LogP contribution is -2.19. The zero-order valence-corrected chi connectivity index (χ0v) is 14.8. The molecule has 1 heterocycles. The van der Waals surface area contributed by atoms with Crippen LogP contribution in [0.2, 0.25) is 0 Å². The normalized spacial score (nSPS) is 11.0. The predicted octanol–water partition coefficient (Wildman–Crippen LogP) is 3.61. The second-order valence-corrected chi connectivity index (χ2v) is 5.56. The van der Waals surface area contributed by atoms with Crippen LogP contribution in [0.15, 0.2) is 36.5 Å². The van der Waals surface area contributed by atoms with Gasteiger partial charge in [0, 0.05) is 18.6 Å². The van der Waals surface area contributed by atoms with Crippen LogP contribution in [0.25, 0.3) is 0 Å². The molecule has 146 valence electrons. The number of methoxy groups -OCH3 is 2. The van der Waals surface area contributed by atoms with Gasteiger partial charge in [0.05, 0.1) is 26.1 Å². The van der Waals surface area contributed by atoms with Crippen molar-refractivity contribution >= 4 is 11.6 Å². The molecule has 0 aliphatic carbocycles. The van der Waals surface area contributed by atoms with Crippen LogP contribution in [-0.2, 0) is 11.2 Å². The van der Waals surface area contributed by atoms with Crippen molar-refractivity contribution in [2.24, 2.45) is 0 Å². The average molecular weight is 384 g/mol. The van der Waals surface area contributed by atoms with Crippen LogP contribution in [0.5, 0.6) is 17.4 Å². The number of ether oxygens (including phenoxy) is 3. The first-order valence-electron chi connectivity index (χ1n) is 7.96. The molecule has 2 rings (SSSR count). The summed E-state index contributed by atoms with van der Waals surface area (Å²) < 4.78 is 51.1. The smallest absolute Gasteiger partial charge is 0.422 e. The number of benzene rings is 1. The van der Waals surface area contributed by atoms with Gasteiger partial charge in [-0.3, -0.25) is 4.79 Å². The number of amides is 1. The molecule has 1 aromatic carbocycles. The molecular formula is C18H19F3N2O4. The van der Waals surface area contributed by atoms with E-state index in [-0.39, 0.29) is 18.2 Å². The van der Waals surface area contributed by atoms with Crippen molar-refractivity contribution in [1.29, 1.82) is 0 Å². The van der Waals surface area contributed by atoms with Crippen molar-refractivity contribution in [3.63, 3.8) is 0 Å². The first-order chi connectivity index (χ1) is 12.8. The van der Waals surface area contributed by atoms with Gasteiger partial charge < -0.3 is 19.5 Å². The fourth-order valence-electron chi connectivity index (χ4n) is 2.19. The number of anilines is 1. The summed E-state index contributed by atoms with van der Waals surface area (Å²) in [6, 6.07) is 8.03. The molecule has 6 nitrogen and oxygen atoms in total. The van der Waals surface area contributed by atoms with Crippen LogP contribution >= 0.6 is 0 Å². The third-order valence-corrected chi connectivity index (χ3v) is 3.46. The van der Waals surface area contributed by atoms with Gasteiger partial charge in [0.2, 0.25) is 11.8 Å². The molecule has 0 fully saturated rings. The maximum atomic E-state index is 12.1. The van der Waals surface area contributed by atoms with Gasteiger partial charge in [-0.05, 0) is 30.2 Å². The van der Waals surface area contributed by atoms with E-state index in [0.29, 0.717) is 23.6 Å². The molecule has 9 heteroatoms. The van der Waals surface area contributed by atoms with E-state index in [1.54, 1.807) is 20.3 Å². The van der Waals surface area contributed by atoms with E-state index in [1.165, 1.54) is 18.3 Å². The maximum Gasteiger partial charge on any atom is 0.422 e. The molecule has 0 radical (unpaired) electrons. The van der Waals surface area contributed by atoms with Crippen molar-refractivity contribution in [2.45, 2.75) is 19.0 Å². The molecule has 0 unspecified atom stereocenters. The molecule has 0 atom stereocenters. The van der Waals surface area contributed by atoms with Crippen LogP contribution in [-0.4, -0.2) is 37.9 Å². The Morgan fingerprint density at radius 1 is 1.11 bits per heavy atom. The molecule has 27 heavy (non-hydrogen) atoms. The fourth-order valence-corrected chi connectivity index (χ4v) is 2.19. The lowest BCUT2D eigenvalue weighted by Gasteiger charge is -2.10. The summed E-state index contributed by atoms with van der Waals surface area (Å²) in [5.74, 6) is 0.822. The zero-order chi connectivity index (χ0) is 19.9. The number of alkyl halides is 3. The Balaban J connectivity index is 1.87. The van der Waals surface area contributed by atoms with E-state index >= 15 is 0 Å². The number of carbonyl (C=O) groups excluding carboxylic acids is 1. The van der Waals surface area contributed by atoms with Gasteiger partial charge in [-0.15, -0.1) is 0 Å². The third kappa shape index (κ3) is 7.04. The van der Waals surface area contributed by atoms with Gasteiger partial charge in [-0.2, -0.15) is 13.2 Å². The van der Waals surface area contributed by atoms with Crippen LogP contribution in [0.1, 0.15) is 12.0 Å². The highest BCUT2D eigenvalue weighted by atomic mass is 19.4. The Bertz CT molecular complexity index is 742. The van der Waals surface area contributed by atoms with Gasteiger partial charge in [0.15, 0.2) is 6.61 Å². The first-order valence-corrected chi connectivity index (χ1v) is 7.96. The molecule has 1 N–H and O–H groups in total. The lowest BCUT2D eigenvalue weighted by molar-refractivity contribution is -0.154. The number of aryl methyl sites for hydroxylation is 1. The summed E-state index contributed by atoms with van der Waals surface area (Å²) >= 11 is 0. The third-order valence-electron chi connectivity index (χ3n) is 3.46. The Morgan fingerprint density at radius 2 is 1.78 bits per heavy atom. The minimum atomic E-state index is -4.43. The SMILES string of the molecule is COc1cc(CCC(=O)Nc2ccc(OCC(F)(F)F)nc2)cc(OC)c1. The van der Waals surface area contributed by atoms with E-state index in [0.717, 1.165) is 5.56 Å². The minimum absolute atomic E-state index is 0.172. The number of aromatic nitrogens is 1. The van der Waals surface area contributed by atoms with Gasteiger partial charge in [-0.1, -0.05) is 0 Å². The summed E-state index contributed by atoms with van der Waals surface area (Å²) in [5, 5.41) is 2.63. The molecule has 0 saturated heterocycles. The van der Waals surface area contributed by atoms with E-state index in [1.807, 2.05) is 12.1 Å². The number of halogens is 3. The highest BCUT2D eigenvalue weighted by Gasteiger charge is 2.28. The van der Waals surface area contributed by atoms with Gasteiger partial charge in [0.1, 0.15) is 11.5 Å². The second-order valence-electron chi connectivity index (χ2n) is 5.56. The Labute approximate surface area is 154 Å². The van der Waals surface area contributed by atoms with Gasteiger partial charge in [0.25, 0.3) is 0 Å². The van der Waals surface area contributed by atoms with Crippen molar-refractivity contribution in [3.05, 3.63) is 42.1 Å². The summed E-state index contributed by atoms with van der Waals surface area (Å²) in [7, 11) is 3.08. The number of nitrogens with one attached hydrogen (secondary N) is 1. The van der Waals surface area contributed by atoms with Crippen molar-refractivity contribution < 1.29 is 32.2 Å². The molecule has 0 spiro atoms. The van der Waals surface area contributed by atoms with E-state index < -0.39 is 12.8 Å². The second kappa shape index (κ2) is 9.11. The number of hydrogen-bond acceptors (Lipinski definition) is 5. The quantitative estimate of drug-likeness (QED) is 0.753. The summed E-state index contributed by atoms with van der Waals surface area (Å²) in [6.07, 6.45) is -2.54. The molecular weight excluding hydrogens is 365 g/mol. The number of nitrogens with zero attached hydrogens (tertiary/aromatic N) is 1. The highest BCUT2D eigenvalue weighted by Crippen LogP contribution is 2.23. The maximum absolute atomic E-state index is 12.1. The number of pyridine rings is 1. The number of carbonyl (C=O) groups is 1. The van der Waals surface area contributed by atoms with Crippen molar-refractivity contribution in [1.82, 2.24) is 4.98 Å².